The van der Waals surface area contributed by atoms with Crippen molar-refractivity contribution in [1.29, 1.82) is 0 Å². The maximum Gasteiger partial charge on any atom is 0.115 e. The molecule has 5 atom stereocenters. The van der Waals surface area contributed by atoms with Gasteiger partial charge in [-0.1, -0.05) is 26.3 Å². The third-order valence-electron chi connectivity index (χ3n) is 7.70. The second-order valence-electron chi connectivity index (χ2n) is 8.58. The van der Waals surface area contributed by atoms with Gasteiger partial charge in [-0.15, -0.1) is 0 Å². The van der Waals surface area contributed by atoms with Crippen LogP contribution in [0.5, 0.6) is 5.75 Å². The molecule has 1 aromatic carbocycles. The Balaban J connectivity index is 1.67. The Morgan fingerprint density at radius 2 is 2.00 bits per heavy atom. The number of fused-ring (bicyclic) bond motifs is 5. The largest absolute Gasteiger partial charge is 0.508 e. The van der Waals surface area contributed by atoms with E-state index in [-0.39, 0.29) is 5.41 Å². The minimum atomic E-state index is -0.438. The van der Waals surface area contributed by atoms with Gasteiger partial charge in [-0.2, -0.15) is 0 Å². The van der Waals surface area contributed by atoms with Crippen molar-refractivity contribution in [2.45, 2.75) is 76.7 Å². The molecule has 3 aliphatic carbocycles. The van der Waals surface area contributed by atoms with Crippen molar-refractivity contribution in [3.05, 3.63) is 29.3 Å². The van der Waals surface area contributed by atoms with Crippen molar-refractivity contribution in [2.24, 2.45) is 17.3 Å². The smallest absolute Gasteiger partial charge is 0.115 e. The number of aliphatic hydroxyl groups is 1. The summed E-state index contributed by atoms with van der Waals surface area (Å²) in [5.74, 6) is 2.43. The fourth-order valence-corrected chi connectivity index (χ4v) is 6.50. The van der Waals surface area contributed by atoms with E-state index >= 15 is 0 Å². The van der Waals surface area contributed by atoms with Crippen molar-refractivity contribution in [2.75, 3.05) is 0 Å². The number of benzene rings is 1. The summed E-state index contributed by atoms with van der Waals surface area (Å²) in [7, 11) is 0. The molecule has 0 amide bonds. The molecule has 2 saturated carbocycles. The van der Waals surface area contributed by atoms with E-state index in [9.17, 15) is 10.2 Å². The highest BCUT2D eigenvalue weighted by Crippen LogP contribution is 2.65. The van der Waals surface area contributed by atoms with Gasteiger partial charge in [0.2, 0.25) is 0 Å². The molecule has 4 rings (SSSR count). The zero-order chi connectivity index (χ0) is 16.2. The molecule has 0 heterocycles. The summed E-state index contributed by atoms with van der Waals surface area (Å²) in [6.45, 7) is 4.58. The molecule has 2 N–H and O–H groups in total. The summed E-state index contributed by atoms with van der Waals surface area (Å²) >= 11 is 0. The average Bonchev–Trinajstić information content (AvgIpc) is 2.79. The lowest BCUT2D eigenvalue weighted by atomic mass is 9.53. The number of hydrogen-bond acceptors (Lipinski definition) is 2. The Bertz CT molecular complexity index is 610. The van der Waals surface area contributed by atoms with Gasteiger partial charge in [-0.05, 0) is 91.4 Å². The van der Waals surface area contributed by atoms with Crippen molar-refractivity contribution < 1.29 is 10.2 Å². The van der Waals surface area contributed by atoms with Gasteiger partial charge in [0, 0.05) is 0 Å². The Morgan fingerprint density at radius 3 is 2.78 bits per heavy atom. The Kier molecular flexibility index (Phi) is 3.53. The minimum absolute atomic E-state index is 0.110. The molecular formula is C21H30O2. The van der Waals surface area contributed by atoms with Gasteiger partial charge in [-0.25, -0.2) is 0 Å². The first kappa shape index (κ1) is 15.5. The van der Waals surface area contributed by atoms with Gasteiger partial charge in [-0.3, -0.25) is 0 Å². The van der Waals surface area contributed by atoms with E-state index in [2.05, 4.69) is 19.9 Å². The van der Waals surface area contributed by atoms with Gasteiger partial charge in [0.05, 0.1) is 5.60 Å². The van der Waals surface area contributed by atoms with Crippen LogP contribution >= 0.6 is 0 Å². The molecule has 23 heavy (non-hydrogen) atoms. The molecular weight excluding hydrogens is 284 g/mol. The van der Waals surface area contributed by atoms with E-state index < -0.39 is 5.60 Å². The first-order valence-corrected chi connectivity index (χ1v) is 9.53. The standard InChI is InChI=1S/C21H30O2/c1-3-10-21(23)12-9-19-18-6-4-14-13-15(22)5-7-16(14)17(18)8-11-20(19,21)2/h5,7,13,17-19,22-23H,3-4,6,8-12H2,1-2H3/t17?,18?,19?,20-,21-/m0/s1. The van der Waals surface area contributed by atoms with Crippen LogP contribution in [0.25, 0.3) is 0 Å². The van der Waals surface area contributed by atoms with Gasteiger partial charge in [0.25, 0.3) is 0 Å². The van der Waals surface area contributed by atoms with E-state index in [1.54, 1.807) is 0 Å². The molecule has 3 aliphatic rings. The lowest BCUT2D eigenvalue weighted by molar-refractivity contribution is -0.107. The molecule has 3 unspecified atom stereocenters. The maximum atomic E-state index is 11.3. The van der Waals surface area contributed by atoms with Crippen LogP contribution in [-0.2, 0) is 6.42 Å². The zero-order valence-electron chi connectivity index (χ0n) is 14.5. The van der Waals surface area contributed by atoms with Crippen LogP contribution in [0.15, 0.2) is 18.2 Å². The molecule has 0 saturated heterocycles. The summed E-state index contributed by atoms with van der Waals surface area (Å²) in [6.07, 6.45) is 8.89. The van der Waals surface area contributed by atoms with E-state index in [0.29, 0.717) is 17.6 Å². The number of phenolic OH excluding ortho intramolecular Hbond substituents is 1. The molecule has 126 valence electrons. The highest BCUT2D eigenvalue weighted by atomic mass is 16.3. The molecule has 0 aromatic heterocycles. The predicted octanol–water partition coefficient (Wildman–Crippen LogP) is 4.78. The van der Waals surface area contributed by atoms with Crippen LogP contribution in [-0.4, -0.2) is 15.8 Å². The quantitative estimate of drug-likeness (QED) is 0.824. The van der Waals surface area contributed by atoms with E-state index in [4.69, 9.17) is 0 Å². The number of phenols is 1. The zero-order valence-corrected chi connectivity index (χ0v) is 14.5. The topological polar surface area (TPSA) is 40.5 Å². The Hall–Kier alpha value is -1.02. The number of hydrogen-bond donors (Lipinski definition) is 2. The van der Waals surface area contributed by atoms with Crippen LogP contribution in [0.3, 0.4) is 0 Å². The lowest BCUT2D eigenvalue weighted by Gasteiger charge is -2.53. The lowest BCUT2D eigenvalue weighted by Crippen LogP contribution is -2.50. The number of aryl methyl sites for hydroxylation is 1. The highest BCUT2D eigenvalue weighted by molar-refractivity contribution is 5.40. The second kappa shape index (κ2) is 5.24. The van der Waals surface area contributed by atoms with Crippen molar-refractivity contribution >= 4 is 0 Å². The number of aromatic hydroxyl groups is 1. The fourth-order valence-electron chi connectivity index (χ4n) is 6.50. The summed E-state index contributed by atoms with van der Waals surface area (Å²) in [5.41, 5.74) is 2.51. The SMILES string of the molecule is CCC[C@]1(O)CCC2C3CCc4cc(O)ccc4C3CC[C@@]21C. The first-order chi connectivity index (χ1) is 11.0. The molecule has 0 spiro atoms. The van der Waals surface area contributed by atoms with Gasteiger partial charge < -0.3 is 10.2 Å². The van der Waals surface area contributed by atoms with Crippen LogP contribution in [0, 0.1) is 17.3 Å². The van der Waals surface area contributed by atoms with Crippen LogP contribution in [0.1, 0.15) is 75.8 Å². The predicted molar refractivity (Wildman–Crippen MR) is 92.6 cm³/mol. The third kappa shape index (κ3) is 2.10. The second-order valence-corrected chi connectivity index (χ2v) is 8.58. The summed E-state index contributed by atoms with van der Waals surface area (Å²) in [5, 5.41) is 21.1. The molecule has 2 fully saturated rings. The highest BCUT2D eigenvalue weighted by Gasteiger charge is 2.60. The molecule has 1 aromatic rings. The van der Waals surface area contributed by atoms with E-state index in [1.165, 1.54) is 30.4 Å². The Morgan fingerprint density at radius 1 is 1.17 bits per heavy atom. The third-order valence-corrected chi connectivity index (χ3v) is 7.70. The fraction of sp³-hybridized carbons (Fsp3) is 0.714. The van der Waals surface area contributed by atoms with Gasteiger partial charge in [0.15, 0.2) is 0 Å². The van der Waals surface area contributed by atoms with Crippen molar-refractivity contribution in [3.63, 3.8) is 0 Å². The summed E-state index contributed by atoms with van der Waals surface area (Å²) in [4.78, 5) is 0. The van der Waals surface area contributed by atoms with Crippen molar-refractivity contribution in [3.8, 4) is 5.75 Å². The maximum absolute atomic E-state index is 11.3. The summed E-state index contributed by atoms with van der Waals surface area (Å²) in [6, 6.07) is 6.00. The molecule has 0 radical (unpaired) electrons. The van der Waals surface area contributed by atoms with E-state index in [0.717, 1.165) is 38.0 Å². The number of rotatable bonds is 2. The molecule has 2 nitrogen and oxygen atoms in total. The van der Waals surface area contributed by atoms with Crippen LogP contribution in [0.4, 0.5) is 0 Å². The van der Waals surface area contributed by atoms with Crippen LogP contribution < -0.4 is 0 Å². The van der Waals surface area contributed by atoms with Gasteiger partial charge in [0.1, 0.15) is 5.75 Å². The summed E-state index contributed by atoms with van der Waals surface area (Å²) < 4.78 is 0. The Labute approximate surface area is 139 Å². The minimum Gasteiger partial charge on any atom is -0.508 e. The van der Waals surface area contributed by atoms with Crippen molar-refractivity contribution in [1.82, 2.24) is 0 Å². The molecule has 2 heteroatoms. The van der Waals surface area contributed by atoms with Gasteiger partial charge >= 0.3 is 0 Å². The molecule has 0 aliphatic heterocycles. The molecule has 0 bridgehead atoms. The first-order valence-electron chi connectivity index (χ1n) is 9.53. The normalized spacial score (nSPS) is 42.0. The van der Waals surface area contributed by atoms with E-state index in [1.807, 2.05) is 12.1 Å². The average molecular weight is 314 g/mol. The monoisotopic (exact) mass is 314 g/mol. The van der Waals surface area contributed by atoms with Crippen LogP contribution in [0.2, 0.25) is 0 Å².